The molecular formula is C18H14F6N2O3S. The van der Waals surface area contributed by atoms with Gasteiger partial charge in [0, 0.05) is 6.04 Å². The van der Waals surface area contributed by atoms with Gasteiger partial charge in [-0.25, -0.2) is 8.42 Å². The van der Waals surface area contributed by atoms with Gasteiger partial charge in [-0.05, 0) is 43.2 Å². The molecule has 30 heavy (non-hydrogen) atoms. The lowest BCUT2D eigenvalue weighted by Gasteiger charge is -2.16. The van der Waals surface area contributed by atoms with E-state index in [0.29, 0.717) is 0 Å². The standard InChI is InChI=1S/C18H14F6N2O3S/c19-17(20,21)10-7-11(18(22,23)24)9-13(8-10)30(28,29)26-15-4-2-1-3-14(15)16(27)25-12-5-6-12/h1-4,7-9,12,26H,5-6H2,(H,25,27). The first-order chi connectivity index (χ1) is 13.8. The summed E-state index contributed by atoms with van der Waals surface area (Å²) in [5.41, 5.74) is -3.92. The minimum absolute atomic E-state index is 0.0556. The van der Waals surface area contributed by atoms with E-state index in [2.05, 4.69) is 5.32 Å². The van der Waals surface area contributed by atoms with E-state index in [-0.39, 0.29) is 35.5 Å². The molecule has 2 aromatic rings. The molecular weight excluding hydrogens is 438 g/mol. The fourth-order valence-electron chi connectivity index (χ4n) is 2.55. The summed E-state index contributed by atoms with van der Waals surface area (Å²) in [6.07, 6.45) is -8.89. The molecule has 0 aromatic heterocycles. The zero-order valence-corrected chi connectivity index (χ0v) is 15.8. The molecule has 1 saturated carbocycles. The molecule has 0 aliphatic heterocycles. The number of hydrogen-bond donors (Lipinski definition) is 2. The van der Waals surface area contributed by atoms with E-state index in [9.17, 15) is 39.6 Å². The molecule has 0 atom stereocenters. The fraction of sp³-hybridized carbons (Fsp3) is 0.278. The Labute approximate surface area is 167 Å². The van der Waals surface area contributed by atoms with Crippen LogP contribution in [0.25, 0.3) is 0 Å². The lowest BCUT2D eigenvalue weighted by Crippen LogP contribution is -2.27. The number of carbonyl (C=O) groups excluding carboxylic acids is 1. The molecule has 0 radical (unpaired) electrons. The Balaban J connectivity index is 2.01. The summed E-state index contributed by atoms with van der Waals surface area (Å²) in [7, 11) is -4.88. The Morgan fingerprint density at radius 1 is 0.900 bits per heavy atom. The Hall–Kier alpha value is -2.76. The maximum absolute atomic E-state index is 13.0. The Morgan fingerprint density at radius 3 is 1.93 bits per heavy atom. The highest BCUT2D eigenvalue weighted by Gasteiger charge is 2.38. The second-order valence-electron chi connectivity index (χ2n) is 6.64. The SMILES string of the molecule is O=C(NC1CC1)c1ccccc1NS(=O)(=O)c1cc(C(F)(F)F)cc(C(F)(F)F)c1. The minimum Gasteiger partial charge on any atom is -0.349 e. The number of rotatable bonds is 5. The first-order valence-corrected chi connectivity index (χ1v) is 9.98. The van der Waals surface area contributed by atoms with E-state index in [4.69, 9.17) is 0 Å². The first-order valence-electron chi connectivity index (χ1n) is 8.49. The van der Waals surface area contributed by atoms with E-state index in [1.807, 2.05) is 4.72 Å². The van der Waals surface area contributed by atoms with E-state index < -0.39 is 44.3 Å². The summed E-state index contributed by atoms with van der Waals surface area (Å²) in [4.78, 5) is 11.0. The van der Waals surface area contributed by atoms with Gasteiger partial charge in [0.25, 0.3) is 15.9 Å². The van der Waals surface area contributed by atoms with Crippen LogP contribution < -0.4 is 10.0 Å². The number of hydrogen-bond acceptors (Lipinski definition) is 3. The van der Waals surface area contributed by atoms with Crippen LogP contribution in [0.4, 0.5) is 32.0 Å². The van der Waals surface area contributed by atoms with Gasteiger partial charge in [-0.2, -0.15) is 26.3 Å². The number of anilines is 1. The van der Waals surface area contributed by atoms with Crippen LogP contribution in [-0.4, -0.2) is 20.4 Å². The highest BCUT2D eigenvalue weighted by atomic mass is 32.2. The number of carbonyl (C=O) groups is 1. The summed E-state index contributed by atoms with van der Waals surface area (Å²) in [5.74, 6) is -0.615. The topological polar surface area (TPSA) is 75.3 Å². The third-order valence-electron chi connectivity index (χ3n) is 4.20. The van der Waals surface area contributed by atoms with Crippen LogP contribution >= 0.6 is 0 Å². The van der Waals surface area contributed by atoms with Crippen LogP contribution in [-0.2, 0) is 22.4 Å². The summed E-state index contributed by atoms with van der Waals surface area (Å²) < 4.78 is 105. The Morgan fingerprint density at radius 2 is 1.43 bits per heavy atom. The van der Waals surface area contributed by atoms with Crippen molar-refractivity contribution in [3.8, 4) is 0 Å². The van der Waals surface area contributed by atoms with Crippen LogP contribution in [0.15, 0.2) is 47.4 Å². The maximum Gasteiger partial charge on any atom is 0.416 e. The summed E-state index contributed by atoms with van der Waals surface area (Å²) >= 11 is 0. The van der Waals surface area contributed by atoms with Crippen LogP contribution in [0.3, 0.4) is 0 Å². The lowest BCUT2D eigenvalue weighted by atomic mass is 10.1. The van der Waals surface area contributed by atoms with Gasteiger partial charge in [-0.15, -0.1) is 0 Å². The van der Waals surface area contributed by atoms with Gasteiger partial charge in [-0.1, -0.05) is 12.1 Å². The van der Waals surface area contributed by atoms with Crippen molar-refractivity contribution in [2.75, 3.05) is 4.72 Å². The largest absolute Gasteiger partial charge is 0.416 e. The van der Waals surface area contributed by atoms with Gasteiger partial charge in [0.1, 0.15) is 0 Å². The van der Waals surface area contributed by atoms with Crippen molar-refractivity contribution in [2.45, 2.75) is 36.1 Å². The smallest absolute Gasteiger partial charge is 0.349 e. The van der Waals surface area contributed by atoms with Crippen LogP contribution in [0, 0.1) is 0 Å². The Bertz CT molecular complexity index is 1040. The third kappa shape index (κ3) is 5.04. The van der Waals surface area contributed by atoms with Gasteiger partial charge >= 0.3 is 12.4 Å². The van der Waals surface area contributed by atoms with Gasteiger partial charge < -0.3 is 5.32 Å². The molecule has 0 spiro atoms. The van der Waals surface area contributed by atoms with Crippen molar-refractivity contribution in [1.82, 2.24) is 5.32 Å². The Kier molecular flexibility index (Phi) is 5.48. The van der Waals surface area contributed by atoms with E-state index >= 15 is 0 Å². The van der Waals surface area contributed by atoms with E-state index in [0.717, 1.165) is 12.8 Å². The quantitative estimate of drug-likeness (QED) is 0.660. The first kappa shape index (κ1) is 21.9. The summed E-state index contributed by atoms with van der Waals surface area (Å²) in [5, 5.41) is 2.62. The number of halogens is 6. The molecule has 0 bridgehead atoms. The average molecular weight is 452 g/mol. The van der Waals surface area contributed by atoms with Gasteiger partial charge in [0.2, 0.25) is 0 Å². The zero-order chi connectivity index (χ0) is 22.3. The molecule has 1 aliphatic rings. The third-order valence-corrected chi connectivity index (χ3v) is 5.55. The molecule has 0 unspecified atom stereocenters. The molecule has 1 fully saturated rings. The normalized spacial score (nSPS) is 15.0. The van der Waals surface area contributed by atoms with Crippen molar-refractivity contribution in [3.63, 3.8) is 0 Å². The second kappa shape index (κ2) is 7.49. The van der Waals surface area contributed by atoms with Crippen molar-refractivity contribution >= 4 is 21.6 Å². The minimum atomic E-state index is -5.20. The molecule has 162 valence electrons. The molecule has 5 nitrogen and oxygen atoms in total. The van der Waals surface area contributed by atoms with Crippen molar-refractivity contribution < 1.29 is 39.6 Å². The zero-order valence-electron chi connectivity index (χ0n) is 14.9. The summed E-state index contributed by atoms with van der Waals surface area (Å²) in [6.45, 7) is 0. The molecule has 12 heteroatoms. The number of nitrogens with one attached hydrogen (secondary N) is 2. The molecule has 2 N–H and O–H groups in total. The predicted molar refractivity (Wildman–Crippen MR) is 94.2 cm³/mol. The molecule has 0 saturated heterocycles. The maximum atomic E-state index is 13.0. The van der Waals surface area contributed by atoms with Crippen LogP contribution in [0.5, 0.6) is 0 Å². The molecule has 1 aliphatic carbocycles. The van der Waals surface area contributed by atoms with Crippen LogP contribution in [0.1, 0.15) is 34.3 Å². The summed E-state index contributed by atoms with van der Waals surface area (Å²) in [6, 6.07) is 5.23. The number of alkyl halides is 6. The van der Waals surface area contributed by atoms with E-state index in [1.165, 1.54) is 24.3 Å². The monoisotopic (exact) mass is 452 g/mol. The van der Waals surface area contributed by atoms with Gasteiger partial charge in [-0.3, -0.25) is 9.52 Å². The molecule has 1 amide bonds. The van der Waals surface area contributed by atoms with Crippen molar-refractivity contribution in [3.05, 3.63) is 59.2 Å². The average Bonchev–Trinajstić information content (AvgIpc) is 3.44. The predicted octanol–water partition coefficient (Wildman–Crippen LogP) is 4.42. The van der Waals surface area contributed by atoms with Gasteiger partial charge in [0.15, 0.2) is 0 Å². The number of benzene rings is 2. The van der Waals surface area contributed by atoms with E-state index in [1.54, 1.807) is 0 Å². The molecule has 3 rings (SSSR count). The number of sulfonamides is 1. The number of para-hydroxylation sites is 1. The van der Waals surface area contributed by atoms with Gasteiger partial charge in [0.05, 0.1) is 27.3 Å². The highest BCUT2D eigenvalue weighted by Crippen LogP contribution is 2.37. The highest BCUT2D eigenvalue weighted by molar-refractivity contribution is 7.92. The van der Waals surface area contributed by atoms with Crippen molar-refractivity contribution in [1.29, 1.82) is 0 Å². The molecule has 2 aromatic carbocycles. The molecule has 0 heterocycles. The lowest BCUT2D eigenvalue weighted by molar-refractivity contribution is -0.143. The second-order valence-corrected chi connectivity index (χ2v) is 8.32. The van der Waals surface area contributed by atoms with Crippen molar-refractivity contribution in [2.24, 2.45) is 0 Å². The fourth-order valence-corrected chi connectivity index (χ4v) is 3.70. The number of amides is 1. The van der Waals surface area contributed by atoms with Crippen LogP contribution in [0.2, 0.25) is 0 Å².